The first-order valence-electron chi connectivity index (χ1n) is 5.43. The van der Waals surface area contributed by atoms with Crippen molar-refractivity contribution in [3.63, 3.8) is 0 Å². The molecule has 0 aliphatic heterocycles. The quantitative estimate of drug-likeness (QED) is 0.551. The molecule has 2 rings (SSSR count). The van der Waals surface area contributed by atoms with Gasteiger partial charge in [0.15, 0.2) is 0 Å². The molecule has 0 bridgehead atoms. The first-order chi connectivity index (χ1) is 9.10. The number of hydrogen-bond donors (Lipinski definition) is 0. The van der Waals surface area contributed by atoms with Gasteiger partial charge in [-0.1, -0.05) is 35.3 Å². The van der Waals surface area contributed by atoms with Crippen LogP contribution in [0.4, 0.5) is 4.39 Å². The van der Waals surface area contributed by atoms with Crippen molar-refractivity contribution in [1.82, 2.24) is 0 Å². The SMILES string of the molecule is N#C/C(=C\c1ccc(Cl)cc1)c1ccc(F)cc1Cl. The summed E-state index contributed by atoms with van der Waals surface area (Å²) in [6, 6.07) is 13.0. The summed E-state index contributed by atoms with van der Waals surface area (Å²) >= 11 is 11.7. The Morgan fingerprint density at radius 3 is 2.37 bits per heavy atom. The van der Waals surface area contributed by atoms with Gasteiger partial charge in [-0.3, -0.25) is 0 Å². The van der Waals surface area contributed by atoms with E-state index in [0.29, 0.717) is 16.2 Å². The van der Waals surface area contributed by atoms with Crippen molar-refractivity contribution in [3.05, 3.63) is 69.5 Å². The number of allylic oxidation sites excluding steroid dienone is 1. The van der Waals surface area contributed by atoms with Crippen LogP contribution in [0.2, 0.25) is 10.0 Å². The van der Waals surface area contributed by atoms with Gasteiger partial charge in [0, 0.05) is 10.6 Å². The smallest absolute Gasteiger partial charge is 0.124 e. The van der Waals surface area contributed by atoms with E-state index in [9.17, 15) is 9.65 Å². The minimum absolute atomic E-state index is 0.210. The van der Waals surface area contributed by atoms with E-state index in [1.807, 2.05) is 0 Å². The average Bonchev–Trinajstić information content (AvgIpc) is 2.39. The summed E-state index contributed by atoms with van der Waals surface area (Å²) in [5.74, 6) is -0.433. The van der Waals surface area contributed by atoms with Crippen molar-refractivity contribution >= 4 is 34.9 Å². The number of hydrogen-bond acceptors (Lipinski definition) is 1. The van der Waals surface area contributed by atoms with Gasteiger partial charge in [0.25, 0.3) is 0 Å². The molecule has 2 aromatic rings. The zero-order chi connectivity index (χ0) is 13.8. The van der Waals surface area contributed by atoms with Gasteiger partial charge in [-0.25, -0.2) is 4.39 Å². The van der Waals surface area contributed by atoms with Crippen LogP contribution in [0, 0.1) is 17.1 Å². The zero-order valence-corrected chi connectivity index (χ0v) is 11.2. The Labute approximate surface area is 120 Å². The summed E-state index contributed by atoms with van der Waals surface area (Å²) in [4.78, 5) is 0. The molecule has 0 radical (unpaired) electrons. The lowest BCUT2D eigenvalue weighted by molar-refractivity contribution is 0.628. The molecule has 0 unspecified atom stereocenters. The molecule has 0 spiro atoms. The molecule has 2 aromatic carbocycles. The second-order valence-corrected chi connectivity index (χ2v) is 4.69. The molecule has 4 heteroatoms. The van der Waals surface area contributed by atoms with E-state index < -0.39 is 5.82 Å². The molecule has 19 heavy (non-hydrogen) atoms. The molecule has 0 amide bonds. The van der Waals surface area contributed by atoms with Crippen molar-refractivity contribution in [2.24, 2.45) is 0 Å². The highest BCUT2D eigenvalue weighted by molar-refractivity contribution is 6.32. The number of halogens is 3. The van der Waals surface area contributed by atoms with Crippen LogP contribution in [0.15, 0.2) is 42.5 Å². The van der Waals surface area contributed by atoms with Gasteiger partial charge in [-0.2, -0.15) is 5.26 Å². The molecule has 0 saturated carbocycles. The summed E-state index contributed by atoms with van der Waals surface area (Å²) in [5.41, 5.74) is 1.69. The maximum atomic E-state index is 13.0. The van der Waals surface area contributed by atoms with E-state index in [1.165, 1.54) is 18.2 Å². The van der Waals surface area contributed by atoms with Crippen LogP contribution in [-0.2, 0) is 0 Å². The second kappa shape index (κ2) is 5.88. The maximum Gasteiger partial charge on any atom is 0.124 e. The van der Waals surface area contributed by atoms with Crippen LogP contribution in [-0.4, -0.2) is 0 Å². The fraction of sp³-hybridized carbons (Fsp3) is 0. The molecular formula is C15H8Cl2FN. The Balaban J connectivity index is 2.45. The minimum atomic E-state index is -0.433. The molecule has 0 N–H and O–H groups in total. The summed E-state index contributed by atoms with van der Waals surface area (Å²) in [7, 11) is 0. The lowest BCUT2D eigenvalue weighted by Gasteiger charge is -2.03. The van der Waals surface area contributed by atoms with Gasteiger partial charge >= 0.3 is 0 Å². The van der Waals surface area contributed by atoms with Crippen LogP contribution >= 0.6 is 23.2 Å². The minimum Gasteiger partial charge on any atom is -0.207 e. The standard InChI is InChI=1S/C15H8Cl2FN/c16-12-3-1-10(2-4-12)7-11(9-19)14-6-5-13(18)8-15(14)17/h1-8H/b11-7+. The summed E-state index contributed by atoms with van der Waals surface area (Å²) in [5, 5.41) is 10.0. The first-order valence-corrected chi connectivity index (χ1v) is 6.18. The second-order valence-electron chi connectivity index (χ2n) is 3.85. The van der Waals surface area contributed by atoms with E-state index in [-0.39, 0.29) is 5.02 Å². The molecule has 94 valence electrons. The van der Waals surface area contributed by atoms with E-state index in [1.54, 1.807) is 30.3 Å². The number of nitrogens with zero attached hydrogens (tertiary/aromatic N) is 1. The van der Waals surface area contributed by atoms with Crippen molar-refractivity contribution < 1.29 is 4.39 Å². The van der Waals surface area contributed by atoms with Gasteiger partial charge in [0.2, 0.25) is 0 Å². The highest BCUT2D eigenvalue weighted by atomic mass is 35.5. The van der Waals surface area contributed by atoms with Gasteiger partial charge in [-0.05, 0) is 42.0 Å². The monoisotopic (exact) mass is 291 g/mol. The normalized spacial score (nSPS) is 11.2. The van der Waals surface area contributed by atoms with E-state index in [0.717, 1.165) is 5.56 Å². The lowest BCUT2D eigenvalue weighted by atomic mass is 10.0. The summed E-state index contributed by atoms with van der Waals surface area (Å²) < 4.78 is 13.0. The molecule has 0 aromatic heterocycles. The van der Waals surface area contributed by atoms with E-state index >= 15 is 0 Å². The Morgan fingerprint density at radius 2 is 1.79 bits per heavy atom. The lowest BCUT2D eigenvalue weighted by Crippen LogP contribution is -1.85. The molecule has 0 heterocycles. The van der Waals surface area contributed by atoms with Gasteiger partial charge in [0.1, 0.15) is 5.82 Å². The average molecular weight is 292 g/mol. The van der Waals surface area contributed by atoms with E-state index in [2.05, 4.69) is 6.07 Å². The van der Waals surface area contributed by atoms with Crippen molar-refractivity contribution in [1.29, 1.82) is 5.26 Å². The van der Waals surface area contributed by atoms with Crippen molar-refractivity contribution in [3.8, 4) is 6.07 Å². The van der Waals surface area contributed by atoms with E-state index in [4.69, 9.17) is 23.2 Å². The van der Waals surface area contributed by atoms with Crippen molar-refractivity contribution in [2.75, 3.05) is 0 Å². The van der Waals surface area contributed by atoms with Crippen LogP contribution < -0.4 is 0 Å². The molecule has 0 atom stereocenters. The van der Waals surface area contributed by atoms with Crippen LogP contribution in [0.5, 0.6) is 0 Å². The molecule has 0 aliphatic rings. The summed E-state index contributed by atoms with van der Waals surface area (Å²) in [6.45, 7) is 0. The van der Waals surface area contributed by atoms with Gasteiger partial charge < -0.3 is 0 Å². The molecule has 1 nitrogen and oxygen atoms in total. The Morgan fingerprint density at radius 1 is 1.11 bits per heavy atom. The first kappa shape index (κ1) is 13.6. The third-order valence-corrected chi connectivity index (χ3v) is 3.09. The molecule has 0 aliphatic carbocycles. The predicted octanol–water partition coefficient (Wildman–Crippen LogP) is 5.20. The Bertz CT molecular complexity index is 670. The number of rotatable bonds is 2. The van der Waals surface area contributed by atoms with Crippen molar-refractivity contribution in [2.45, 2.75) is 0 Å². The number of nitriles is 1. The largest absolute Gasteiger partial charge is 0.207 e. The predicted molar refractivity (Wildman–Crippen MR) is 76.3 cm³/mol. The molecule has 0 fully saturated rings. The highest BCUT2D eigenvalue weighted by Gasteiger charge is 2.07. The van der Waals surface area contributed by atoms with Crippen LogP contribution in [0.1, 0.15) is 11.1 Å². The maximum absolute atomic E-state index is 13.0. The summed E-state index contributed by atoms with van der Waals surface area (Å²) in [6.07, 6.45) is 1.68. The fourth-order valence-electron chi connectivity index (χ4n) is 1.60. The van der Waals surface area contributed by atoms with Crippen LogP contribution in [0.25, 0.3) is 11.6 Å². The highest BCUT2D eigenvalue weighted by Crippen LogP contribution is 2.26. The third kappa shape index (κ3) is 3.35. The molecule has 0 saturated heterocycles. The Hall–Kier alpha value is -1.82. The van der Waals surface area contributed by atoms with Gasteiger partial charge in [-0.15, -0.1) is 0 Å². The number of benzene rings is 2. The zero-order valence-electron chi connectivity index (χ0n) is 9.70. The fourth-order valence-corrected chi connectivity index (χ4v) is 2.00. The van der Waals surface area contributed by atoms with Gasteiger partial charge in [0.05, 0.1) is 16.7 Å². The van der Waals surface area contributed by atoms with Crippen LogP contribution in [0.3, 0.4) is 0 Å². The topological polar surface area (TPSA) is 23.8 Å². The Kier molecular flexibility index (Phi) is 4.21. The molecular weight excluding hydrogens is 284 g/mol. The third-order valence-electron chi connectivity index (χ3n) is 2.52.